The lowest BCUT2D eigenvalue weighted by Crippen LogP contribution is -2.16. The second-order valence-corrected chi connectivity index (χ2v) is 5.31. The molecule has 1 aliphatic carbocycles. The van der Waals surface area contributed by atoms with Crippen LogP contribution in [-0.2, 0) is 0 Å². The lowest BCUT2D eigenvalue weighted by Gasteiger charge is -2.18. The van der Waals surface area contributed by atoms with Gasteiger partial charge in [-0.3, -0.25) is 0 Å². The Bertz CT molecular complexity index is 643. The number of nitrogens with zero attached hydrogens (tertiary/aromatic N) is 2. The number of benzene rings is 1. The van der Waals surface area contributed by atoms with Crippen LogP contribution in [0.15, 0.2) is 48.7 Å². The first-order valence-electron chi connectivity index (χ1n) is 7.45. The van der Waals surface area contributed by atoms with E-state index in [4.69, 9.17) is 4.74 Å². The van der Waals surface area contributed by atoms with Crippen LogP contribution in [0.4, 0.5) is 10.3 Å². The van der Waals surface area contributed by atoms with Gasteiger partial charge >= 0.3 is 0 Å². The summed E-state index contributed by atoms with van der Waals surface area (Å²) < 4.78 is 18.5. The summed E-state index contributed by atoms with van der Waals surface area (Å²) in [4.78, 5) is 8.52. The monoisotopic (exact) mass is 299 g/mol. The molecule has 2 aromatic rings. The Morgan fingerprint density at radius 2 is 2.05 bits per heavy atom. The van der Waals surface area contributed by atoms with Crippen molar-refractivity contribution < 1.29 is 9.13 Å². The molecule has 0 amide bonds. The van der Waals surface area contributed by atoms with Crippen molar-refractivity contribution in [2.75, 3.05) is 11.9 Å². The van der Waals surface area contributed by atoms with Crippen LogP contribution in [0.5, 0.6) is 11.6 Å². The molecule has 1 aromatic heterocycles. The summed E-state index contributed by atoms with van der Waals surface area (Å²) in [6.07, 6.45) is 9.53. The first-order chi connectivity index (χ1) is 10.8. The molecule has 114 valence electrons. The second kappa shape index (κ2) is 7.02. The predicted molar refractivity (Wildman–Crippen MR) is 83.5 cm³/mol. The summed E-state index contributed by atoms with van der Waals surface area (Å²) in [5.41, 5.74) is 0. The zero-order valence-electron chi connectivity index (χ0n) is 12.2. The number of hydrogen-bond donors (Lipinski definition) is 1. The largest absolute Gasteiger partial charge is 0.439 e. The summed E-state index contributed by atoms with van der Waals surface area (Å²) in [5.74, 6) is 1.86. The van der Waals surface area contributed by atoms with Gasteiger partial charge in [0, 0.05) is 18.8 Å². The lowest BCUT2D eigenvalue weighted by molar-refractivity contribution is 0.459. The minimum atomic E-state index is -0.293. The van der Waals surface area contributed by atoms with Gasteiger partial charge in [-0.15, -0.1) is 0 Å². The van der Waals surface area contributed by atoms with Crippen molar-refractivity contribution in [1.82, 2.24) is 9.97 Å². The Morgan fingerprint density at radius 1 is 1.18 bits per heavy atom. The molecular formula is C17H18FN3O. The van der Waals surface area contributed by atoms with Crippen molar-refractivity contribution in [2.45, 2.75) is 19.3 Å². The molecule has 1 aromatic carbocycles. The fourth-order valence-electron chi connectivity index (χ4n) is 2.38. The first kappa shape index (κ1) is 14.5. The number of nitrogens with one attached hydrogen (secondary N) is 1. The van der Waals surface area contributed by atoms with Gasteiger partial charge < -0.3 is 10.1 Å². The van der Waals surface area contributed by atoms with Crippen molar-refractivity contribution in [1.29, 1.82) is 0 Å². The summed E-state index contributed by atoms with van der Waals surface area (Å²) in [6, 6.07) is 7.52. The first-order valence-corrected chi connectivity index (χ1v) is 7.45. The van der Waals surface area contributed by atoms with Gasteiger partial charge in [0.2, 0.25) is 11.8 Å². The molecule has 0 saturated carbocycles. The maximum absolute atomic E-state index is 12.9. The van der Waals surface area contributed by atoms with Crippen molar-refractivity contribution in [3.63, 3.8) is 0 Å². The number of ether oxygens (including phenoxy) is 1. The van der Waals surface area contributed by atoms with E-state index < -0.39 is 0 Å². The normalized spacial score (nSPS) is 17.2. The second-order valence-electron chi connectivity index (χ2n) is 5.31. The van der Waals surface area contributed by atoms with Crippen LogP contribution in [0.2, 0.25) is 0 Å². The molecule has 0 fully saturated rings. The number of aromatic nitrogens is 2. The summed E-state index contributed by atoms with van der Waals surface area (Å²) >= 11 is 0. The van der Waals surface area contributed by atoms with Gasteiger partial charge in [-0.1, -0.05) is 12.2 Å². The molecule has 1 heterocycles. The van der Waals surface area contributed by atoms with Crippen LogP contribution in [0.3, 0.4) is 0 Å². The Kier molecular flexibility index (Phi) is 4.63. The van der Waals surface area contributed by atoms with E-state index in [2.05, 4.69) is 27.4 Å². The minimum Gasteiger partial charge on any atom is -0.439 e. The minimum absolute atomic E-state index is 0.293. The van der Waals surface area contributed by atoms with Gasteiger partial charge in [-0.2, -0.15) is 4.98 Å². The van der Waals surface area contributed by atoms with E-state index in [9.17, 15) is 4.39 Å². The molecule has 1 atom stereocenters. The Hall–Kier alpha value is -2.43. The Morgan fingerprint density at radius 3 is 2.82 bits per heavy atom. The number of hydrogen-bond acceptors (Lipinski definition) is 4. The van der Waals surface area contributed by atoms with Crippen molar-refractivity contribution in [3.8, 4) is 11.6 Å². The van der Waals surface area contributed by atoms with Crippen LogP contribution in [0.25, 0.3) is 0 Å². The Balaban J connectivity index is 1.59. The van der Waals surface area contributed by atoms with Gasteiger partial charge in [0.15, 0.2) is 0 Å². The Labute approximate surface area is 129 Å². The van der Waals surface area contributed by atoms with Crippen LogP contribution < -0.4 is 10.1 Å². The number of halogens is 1. The fraction of sp³-hybridized carbons (Fsp3) is 0.294. The third kappa shape index (κ3) is 4.04. The molecule has 0 bridgehead atoms. The van der Waals surface area contributed by atoms with Crippen molar-refractivity contribution >= 4 is 5.95 Å². The van der Waals surface area contributed by atoms with Gasteiger partial charge in [0.05, 0.1) is 0 Å². The summed E-state index contributed by atoms with van der Waals surface area (Å²) in [6.45, 7) is 0.852. The molecule has 1 aliphatic rings. The van der Waals surface area contributed by atoms with E-state index in [0.717, 1.165) is 19.4 Å². The highest BCUT2D eigenvalue weighted by atomic mass is 19.1. The highest BCUT2D eigenvalue weighted by Crippen LogP contribution is 2.21. The van der Waals surface area contributed by atoms with E-state index in [-0.39, 0.29) is 5.82 Å². The van der Waals surface area contributed by atoms with E-state index >= 15 is 0 Å². The molecule has 0 aliphatic heterocycles. The molecule has 5 heteroatoms. The maximum atomic E-state index is 12.9. The summed E-state index contributed by atoms with van der Waals surface area (Å²) in [7, 11) is 0. The van der Waals surface area contributed by atoms with Gasteiger partial charge in [0.25, 0.3) is 0 Å². The fourth-order valence-corrected chi connectivity index (χ4v) is 2.38. The average Bonchev–Trinajstić information content (AvgIpc) is 2.57. The molecule has 0 saturated heterocycles. The molecule has 3 rings (SSSR count). The predicted octanol–water partition coefficient (Wildman–Crippen LogP) is 4.18. The van der Waals surface area contributed by atoms with E-state index in [1.807, 2.05) is 0 Å². The highest BCUT2D eigenvalue weighted by molar-refractivity contribution is 5.31. The smallest absolute Gasteiger partial charge is 0.225 e. The SMILES string of the molecule is Fc1ccc(Oc2ccnc(NCC3CC=CCC3)n2)cc1. The van der Waals surface area contributed by atoms with E-state index in [0.29, 0.717) is 23.5 Å². The number of allylic oxidation sites excluding steroid dienone is 2. The molecule has 22 heavy (non-hydrogen) atoms. The van der Waals surface area contributed by atoms with Crippen LogP contribution in [-0.4, -0.2) is 16.5 Å². The van der Waals surface area contributed by atoms with Crippen molar-refractivity contribution in [2.24, 2.45) is 5.92 Å². The lowest BCUT2D eigenvalue weighted by atomic mass is 9.94. The molecule has 0 radical (unpaired) electrons. The molecular weight excluding hydrogens is 281 g/mol. The molecule has 1 N–H and O–H groups in total. The highest BCUT2D eigenvalue weighted by Gasteiger charge is 2.10. The quantitative estimate of drug-likeness (QED) is 0.841. The van der Waals surface area contributed by atoms with Gasteiger partial charge in [0.1, 0.15) is 11.6 Å². The zero-order chi connectivity index (χ0) is 15.2. The molecule has 4 nitrogen and oxygen atoms in total. The molecule has 0 spiro atoms. The van der Waals surface area contributed by atoms with Gasteiger partial charge in [-0.25, -0.2) is 9.37 Å². The van der Waals surface area contributed by atoms with Crippen LogP contribution >= 0.6 is 0 Å². The zero-order valence-corrected chi connectivity index (χ0v) is 12.2. The third-order valence-corrected chi connectivity index (χ3v) is 3.59. The van der Waals surface area contributed by atoms with Crippen molar-refractivity contribution in [3.05, 3.63) is 54.5 Å². The van der Waals surface area contributed by atoms with Crippen LogP contribution in [0.1, 0.15) is 19.3 Å². The third-order valence-electron chi connectivity index (χ3n) is 3.59. The van der Waals surface area contributed by atoms with Gasteiger partial charge in [-0.05, 0) is 49.4 Å². The number of anilines is 1. The topological polar surface area (TPSA) is 47.0 Å². The molecule has 1 unspecified atom stereocenters. The van der Waals surface area contributed by atoms with Crippen LogP contribution in [0, 0.1) is 11.7 Å². The number of rotatable bonds is 5. The van der Waals surface area contributed by atoms with E-state index in [1.165, 1.54) is 18.6 Å². The van der Waals surface area contributed by atoms with E-state index in [1.54, 1.807) is 24.4 Å². The average molecular weight is 299 g/mol. The standard InChI is InChI=1S/C17H18FN3O/c18-14-6-8-15(9-7-14)22-16-10-11-19-17(21-16)20-12-13-4-2-1-3-5-13/h1-2,6-11,13H,3-5,12H2,(H,19,20,21). The maximum Gasteiger partial charge on any atom is 0.225 e. The summed E-state index contributed by atoms with van der Waals surface area (Å²) in [5, 5.41) is 3.25.